The number of ether oxygens (including phenoxy) is 1. The predicted octanol–water partition coefficient (Wildman–Crippen LogP) is 3.37. The number of nitrogens with zero attached hydrogens (tertiary/aromatic N) is 8. The fourth-order valence-corrected chi connectivity index (χ4v) is 5.21. The number of carbonyl (C=O) groups excluding carboxylic acids is 2. The van der Waals surface area contributed by atoms with Crippen LogP contribution in [0.15, 0.2) is 53.3 Å². The van der Waals surface area contributed by atoms with Crippen LogP contribution in [-0.4, -0.2) is 89.4 Å². The van der Waals surface area contributed by atoms with Crippen molar-refractivity contribution in [3.8, 4) is 22.6 Å². The number of amides is 2. The van der Waals surface area contributed by atoms with Crippen LogP contribution in [0, 0.1) is 10.1 Å². The van der Waals surface area contributed by atoms with E-state index in [1.165, 1.54) is 12.1 Å². The molecule has 3 N–H and O–H groups in total. The zero-order valence-electron chi connectivity index (χ0n) is 27.4. The molecule has 17 heteroatoms. The molecule has 5 aromatic rings. The number of hydrogen-bond acceptors (Lipinski definition) is 12. The molecule has 0 bridgehead atoms. The lowest BCUT2D eigenvalue weighted by atomic mass is 9.96. The van der Waals surface area contributed by atoms with Gasteiger partial charge in [-0.1, -0.05) is 38.1 Å². The number of pyridine rings is 1. The summed E-state index contributed by atoms with van der Waals surface area (Å²) in [5.74, 6) is -0.458. The average molecular weight is 670 g/mol. The molecule has 0 aliphatic carbocycles. The molecule has 0 spiro atoms. The van der Waals surface area contributed by atoms with Crippen molar-refractivity contribution in [1.82, 2.24) is 45.1 Å². The van der Waals surface area contributed by atoms with Crippen LogP contribution in [0.4, 0.5) is 11.4 Å². The number of hydrogen-bond donors (Lipinski definition) is 3. The maximum Gasteiger partial charge on any atom is 0.315 e. The third-order valence-electron chi connectivity index (χ3n) is 7.76. The van der Waals surface area contributed by atoms with Crippen molar-refractivity contribution in [1.29, 1.82) is 0 Å². The Kier molecular flexibility index (Phi) is 9.28. The number of benzene rings is 1. The number of fused-ring (bicyclic) bond motifs is 1. The first-order valence-electron chi connectivity index (χ1n) is 15.5. The molecule has 0 atom stereocenters. The first kappa shape index (κ1) is 33.1. The number of nitro benzene ring substituents is 1. The van der Waals surface area contributed by atoms with Crippen LogP contribution < -0.4 is 10.6 Å². The van der Waals surface area contributed by atoms with Crippen molar-refractivity contribution in [2.75, 3.05) is 38.2 Å². The van der Waals surface area contributed by atoms with Crippen LogP contribution in [0.5, 0.6) is 0 Å². The molecule has 1 aliphatic heterocycles. The number of morpholine rings is 1. The monoisotopic (exact) mass is 669 g/mol. The molecular formula is C32H35N11O6. The van der Waals surface area contributed by atoms with Crippen LogP contribution in [0.3, 0.4) is 0 Å². The normalized spacial score (nSPS) is 14.0. The maximum atomic E-state index is 12.8. The Hall–Kier alpha value is -5.81. The summed E-state index contributed by atoms with van der Waals surface area (Å²) in [6.45, 7) is 9.14. The molecule has 49 heavy (non-hydrogen) atoms. The number of H-pyrrole nitrogens is 1. The number of nitrogens with one attached hydrogen (secondary N) is 3. The first-order valence-corrected chi connectivity index (χ1v) is 15.5. The fourth-order valence-electron chi connectivity index (χ4n) is 5.21. The van der Waals surface area contributed by atoms with E-state index >= 15 is 0 Å². The summed E-state index contributed by atoms with van der Waals surface area (Å²) in [4.78, 5) is 55.6. The molecule has 1 aliphatic rings. The summed E-state index contributed by atoms with van der Waals surface area (Å²) in [6, 6.07) is 6.43. The van der Waals surface area contributed by atoms with Crippen molar-refractivity contribution >= 4 is 34.4 Å². The van der Waals surface area contributed by atoms with Crippen molar-refractivity contribution < 1.29 is 23.8 Å². The summed E-state index contributed by atoms with van der Waals surface area (Å²) in [7, 11) is 1.73. The number of aromatic nitrogens is 7. The van der Waals surface area contributed by atoms with Gasteiger partial charge in [0.15, 0.2) is 23.0 Å². The Morgan fingerprint density at radius 2 is 1.96 bits per heavy atom. The Morgan fingerprint density at radius 3 is 2.69 bits per heavy atom. The average Bonchev–Trinajstić information content (AvgIpc) is 3.82. The summed E-state index contributed by atoms with van der Waals surface area (Å²) in [6.07, 6.45) is 6.52. The highest BCUT2D eigenvalue weighted by molar-refractivity contribution is 6.01. The van der Waals surface area contributed by atoms with Gasteiger partial charge < -0.3 is 24.9 Å². The van der Waals surface area contributed by atoms with Crippen LogP contribution in [0.1, 0.15) is 42.8 Å². The highest BCUT2D eigenvalue weighted by atomic mass is 16.6. The minimum Gasteiger partial charge on any atom is -0.379 e. The predicted molar refractivity (Wildman–Crippen MR) is 177 cm³/mol. The SMILES string of the molecule is Cn1cc(NC(=O)/C=C/CN2CCOCC2)c(-c2nc3nccc(-c4ccc(CNC(=O)c5nc(C(C)(C)C)no5)c([N+](=O)[O-])c4)c3[nH]2)n1. The van der Waals surface area contributed by atoms with E-state index < -0.39 is 16.2 Å². The first-order chi connectivity index (χ1) is 23.5. The number of aryl methyl sites for hydroxylation is 1. The van der Waals surface area contributed by atoms with Gasteiger partial charge in [-0.05, 0) is 17.7 Å². The molecule has 0 radical (unpaired) electrons. The largest absolute Gasteiger partial charge is 0.379 e. The maximum absolute atomic E-state index is 12.8. The number of rotatable bonds is 10. The number of imidazole rings is 1. The van der Waals surface area contributed by atoms with E-state index in [0.717, 1.165) is 13.1 Å². The van der Waals surface area contributed by atoms with Gasteiger partial charge >= 0.3 is 11.8 Å². The lowest BCUT2D eigenvalue weighted by Gasteiger charge is -2.24. The van der Waals surface area contributed by atoms with Crippen LogP contribution in [0.2, 0.25) is 0 Å². The molecular weight excluding hydrogens is 634 g/mol. The second kappa shape index (κ2) is 13.7. The summed E-state index contributed by atoms with van der Waals surface area (Å²) >= 11 is 0. The zero-order valence-corrected chi connectivity index (χ0v) is 27.4. The number of carbonyl (C=O) groups is 2. The van der Waals surface area contributed by atoms with Gasteiger partial charge in [0.2, 0.25) is 5.91 Å². The van der Waals surface area contributed by atoms with Crippen LogP contribution >= 0.6 is 0 Å². The molecule has 1 fully saturated rings. The quantitative estimate of drug-likeness (QED) is 0.111. The van der Waals surface area contributed by atoms with Crippen LogP contribution in [-0.2, 0) is 28.5 Å². The molecule has 0 unspecified atom stereocenters. The lowest BCUT2D eigenvalue weighted by molar-refractivity contribution is -0.385. The smallest absolute Gasteiger partial charge is 0.315 e. The van der Waals surface area contributed by atoms with Gasteiger partial charge in [-0.15, -0.1) is 0 Å². The zero-order chi connectivity index (χ0) is 34.7. The minimum atomic E-state index is -0.642. The second-order valence-electron chi connectivity index (χ2n) is 12.5. The molecule has 1 aromatic carbocycles. The molecule has 0 saturated carbocycles. The molecule has 4 aromatic heterocycles. The summed E-state index contributed by atoms with van der Waals surface area (Å²) < 4.78 is 12.0. The summed E-state index contributed by atoms with van der Waals surface area (Å²) in [5, 5.41) is 26.0. The van der Waals surface area contributed by atoms with Gasteiger partial charge in [-0.2, -0.15) is 10.1 Å². The van der Waals surface area contributed by atoms with Crippen molar-refractivity contribution in [3.63, 3.8) is 0 Å². The fraction of sp³-hybridized carbons (Fsp3) is 0.344. The number of aromatic amines is 1. The second-order valence-corrected chi connectivity index (χ2v) is 12.5. The number of anilines is 1. The third-order valence-corrected chi connectivity index (χ3v) is 7.76. The Labute approximate surface area is 279 Å². The van der Waals surface area contributed by atoms with E-state index in [1.54, 1.807) is 42.3 Å². The van der Waals surface area contributed by atoms with Crippen molar-refractivity contribution in [3.05, 3.63) is 76.2 Å². The highest BCUT2D eigenvalue weighted by Gasteiger charge is 2.25. The highest BCUT2D eigenvalue weighted by Crippen LogP contribution is 2.33. The third kappa shape index (κ3) is 7.52. The van der Waals surface area contributed by atoms with E-state index in [9.17, 15) is 19.7 Å². The molecule has 5 heterocycles. The topological polar surface area (TPSA) is 212 Å². The molecule has 17 nitrogen and oxygen atoms in total. The number of nitro groups is 1. The molecule has 2 amide bonds. The Bertz CT molecular complexity index is 2050. The van der Waals surface area contributed by atoms with Crippen molar-refractivity contribution in [2.45, 2.75) is 32.7 Å². The molecule has 254 valence electrons. The summed E-state index contributed by atoms with van der Waals surface area (Å²) in [5.41, 5.74) is 2.52. The Balaban J connectivity index is 1.21. The van der Waals surface area contributed by atoms with Gasteiger partial charge in [-0.3, -0.25) is 29.3 Å². The van der Waals surface area contributed by atoms with Gasteiger partial charge in [0.25, 0.3) is 5.69 Å². The van der Waals surface area contributed by atoms with Gasteiger partial charge in [0.1, 0.15) is 0 Å². The van der Waals surface area contributed by atoms with E-state index in [2.05, 4.69) is 45.7 Å². The standard InChI is InChI=1S/C32H35N11O6/c1-32(2,3)31-38-30(49-40-31)29(45)34-17-20-8-7-19(16-23(20)43(46)47)21-9-10-33-27-25(21)36-28(37-27)26-22(18-41(4)39-26)35-24(44)6-5-11-42-12-14-48-15-13-42/h5-10,16,18H,11-15,17H2,1-4H3,(H,34,45)(H,35,44)(H,33,36,37)/b6-5+. The van der Waals surface area contributed by atoms with Gasteiger partial charge in [0.05, 0.1) is 35.9 Å². The minimum absolute atomic E-state index is 0.140. The molecule has 1 saturated heterocycles. The van der Waals surface area contributed by atoms with E-state index in [-0.39, 0.29) is 29.6 Å². The van der Waals surface area contributed by atoms with Gasteiger partial charge in [-0.25, -0.2) is 9.97 Å². The van der Waals surface area contributed by atoms with Crippen LogP contribution in [0.25, 0.3) is 33.8 Å². The Morgan fingerprint density at radius 1 is 1.16 bits per heavy atom. The molecule has 6 rings (SSSR count). The lowest BCUT2D eigenvalue weighted by Crippen LogP contribution is -2.36. The van der Waals surface area contributed by atoms with Gasteiger partial charge in [0, 0.05) is 67.8 Å². The van der Waals surface area contributed by atoms with Crippen molar-refractivity contribution in [2.24, 2.45) is 7.05 Å². The van der Waals surface area contributed by atoms with E-state index in [4.69, 9.17) is 9.26 Å². The van der Waals surface area contributed by atoms with E-state index in [1.807, 2.05) is 26.8 Å². The van der Waals surface area contributed by atoms with E-state index in [0.29, 0.717) is 65.1 Å².